The van der Waals surface area contributed by atoms with Crippen molar-refractivity contribution < 1.29 is 0 Å². The minimum atomic E-state index is 0.207. The summed E-state index contributed by atoms with van der Waals surface area (Å²) >= 11 is 3.59. The largest absolute Gasteiger partial charge is 0.376 e. The third-order valence-corrected chi connectivity index (χ3v) is 3.75. The molecule has 1 aromatic heterocycles. The highest BCUT2D eigenvalue weighted by Gasteiger charge is 2.11. The van der Waals surface area contributed by atoms with Gasteiger partial charge in [-0.25, -0.2) is 0 Å². The average molecular weight is 320 g/mol. The van der Waals surface area contributed by atoms with E-state index in [4.69, 9.17) is 0 Å². The third kappa shape index (κ3) is 3.26. The smallest absolute Gasteiger partial charge is 0.0768 e. The molecule has 100 valence electrons. The van der Waals surface area contributed by atoms with Crippen molar-refractivity contribution in [2.75, 3.05) is 24.3 Å². The van der Waals surface area contributed by atoms with E-state index in [0.29, 0.717) is 0 Å². The van der Waals surface area contributed by atoms with Gasteiger partial charge in [-0.15, -0.1) is 0 Å². The second-order valence-corrected chi connectivity index (χ2v) is 5.53. The molecule has 1 unspecified atom stereocenters. The van der Waals surface area contributed by atoms with Crippen LogP contribution in [-0.4, -0.2) is 19.1 Å². The molecule has 0 saturated heterocycles. The van der Waals surface area contributed by atoms with Gasteiger partial charge in [0.1, 0.15) is 0 Å². The molecule has 3 nitrogen and oxygen atoms in total. The van der Waals surface area contributed by atoms with Crippen molar-refractivity contribution in [1.29, 1.82) is 0 Å². The molecule has 4 heteroatoms. The quantitative estimate of drug-likeness (QED) is 0.920. The van der Waals surface area contributed by atoms with Gasteiger partial charge in [-0.3, -0.25) is 4.98 Å². The number of halogens is 1. The van der Waals surface area contributed by atoms with Crippen molar-refractivity contribution >= 4 is 27.3 Å². The maximum atomic E-state index is 4.20. The maximum absolute atomic E-state index is 4.20. The first-order chi connectivity index (χ1) is 9.09. The molecule has 19 heavy (non-hydrogen) atoms. The molecule has 1 N–H and O–H groups in total. The molecule has 1 atom stereocenters. The Labute approximate surface area is 122 Å². The molecular weight excluding hydrogens is 302 g/mol. The number of anilines is 2. The molecule has 0 aliphatic heterocycles. The Morgan fingerprint density at radius 2 is 1.95 bits per heavy atom. The Kier molecular flexibility index (Phi) is 4.43. The fraction of sp³-hybridized carbons (Fsp3) is 0.267. The van der Waals surface area contributed by atoms with Crippen molar-refractivity contribution in [2.45, 2.75) is 13.0 Å². The molecule has 0 aliphatic rings. The van der Waals surface area contributed by atoms with Crippen LogP contribution in [0.3, 0.4) is 0 Å². The van der Waals surface area contributed by atoms with Crippen LogP contribution in [-0.2, 0) is 0 Å². The third-order valence-electron chi connectivity index (χ3n) is 3.02. The first kappa shape index (κ1) is 13.9. The van der Waals surface area contributed by atoms with Gasteiger partial charge in [-0.1, -0.05) is 34.1 Å². The highest BCUT2D eigenvalue weighted by Crippen LogP contribution is 2.29. The second kappa shape index (κ2) is 6.06. The van der Waals surface area contributed by atoms with Crippen LogP contribution in [0.2, 0.25) is 0 Å². The summed E-state index contributed by atoms with van der Waals surface area (Å²) in [5, 5.41) is 3.51. The Morgan fingerprint density at radius 3 is 2.63 bits per heavy atom. The van der Waals surface area contributed by atoms with Gasteiger partial charge in [-0.05, 0) is 24.6 Å². The normalized spacial score (nSPS) is 12.0. The van der Waals surface area contributed by atoms with Crippen molar-refractivity contribution in [2.24, 2.45) is 0 Å². The standard InChI is InChI=1S/C15H18BrN3/c1-11(12-6-4-5-7-13(12)16)18-14-10-17-9-8-15(14)19(2)3/h4-11,18H,1-3H3. The van der Waals surface area contributed by atoms with Gasteiger partial charge in [0.15, 0.2) is 0 Å². The Morgan fingerprint density at radius 1 is 1.21 bits per heavy atom. The summed E-state index contributed by atoms with van der Waals surface area (Å²) in [4.78, 5) is 6.28. The predicted octanol–water partition coefficient (Wildman–Crippen LogP) is 4.08. The highest BCUT2D eigenvalue weighted by molar-refractivity contribution is 9.10. The zero-order valence-corrected chi connectivity index (χ0v) is 13.0. The Hall–Kier alpha value is -1.55. The summed E-state index contributed by atoms with van der Waals surface area (Å²) in [5.41, 5.74) is 3.40. The monoisotopic (exact) mass is 319 g/mol. The number of nitrogens with one attached hydrogen (secondary N) is 1. The van der Waals surface area contributed by atoms with Crippen molar-refractivity contribution in [3.05, 3.63) is 52.8 Å². The van der Waals surface area contributed by atoms with E-state index in [9.17, 15) is 0 Å². The Bertz CT molecular complexity index is 555. The first-order valence-electron chi connectivity index (χ1n) is 6.22. The van der Waals surface area contributed by atoms with Crippen LogP contribution in [0.25, 0.3) is 0 Å². The van der Waals surface area contributed by atoms with Gasteiger partial charge < -0.3 is 10.2 Å². The lowest BCUT2D eigenvalue weighted by atomic mass is 10.1. The van der Waals surface area contributed by atoms with Crippen LogP contribution in [0.1, 0.15) is 18.5 Å². The SMILES string of the molecule is CC(Nc1cnccc1N(C)C)c1ccccc1Br. The molecular formula is C15H18BrN3. The average Bonchev–Trinajstić information content (AvgIpc) is 2.39. The van der Waals surface area contributed by atoms with Crippen LogP contribution < -0.4 is 10.2 Å². The van der Waals surface area contributed by atoms with E-state index in [2.05, 4.69) is 50.2 Å². The van der Waals surface area contributed by atoms with E-state index in [0.717, 1.165) is 15.8 Å². The van der Waals surface area contributed by atoms with Gasteiger partial charge in [0, 0.05) is 30.8 Å². The van der Waals surface area contributed by atoms with E-state index in [-0.39, 0.29) is 6.04 Å². The van der Waals surface area contributed by atoms with Gasteiger partial charge in [0.25, 0.3) is 0 Å². The molecule has 0 spiro atoms. The van der Waals surface area contributed by atoms with E-state index >= 15 is 0 Å². The predicted molar refractivity (Wildman–Crippen MR) is 84.7 cm³/mol. The minimum Gasteiger partial charge on any atom is -0.376 e. The minimum absolute atomic E-state index is 0.207. The summed E-state index contributed by atoms with van der Waals surface area (Å²) in [6, 6.07) is 10.5. The van der Waals surface area contributed by atoms with E-state index < -0.39 is 0 Å². The molecule has 0 amide bonds. The first-order valence-corrected chi connectivity index (χ1v) is 7.01. The summed E-state index contributed by atoms with van der Waals surface area (Å²) in [6.07, 6.45) is 3.67. The zero-order valence-electron chi connectivity index (χ0n) is 11.4. The lowest BCUT2D eigenvalue weighted by Gasteiger charge is -2.22. The van der Waals surface area contributed by atoms with Crippen LogP contribution in [0.4, 0.5) is 11.4 Å². The van der Waals surface area contributed by atoms with Crippen molar-refractivity contribution in [3.8, 4) is 0 Å². The summed E-state index contributed by atoms with van der Waals surface area (Å²) < 4.78 is 1.12. The number of aromatic nitrogens is 1. The fourth-order valence-corrected chi connectivity index (χ4v) is 2.65. The summed E-state index contributed by atoms with van der Waals surface area (Å²) in [6.45, 7) is 2.15. The van der Waals surface area contributed by atoms with Crippen LogP contribution in [0.5, 0.6) is 0 Å². The molecule has 0 bridgehead atoms. The molecule has 0 fully saturated rings. The molecule has 2 aromatic rings. The van der Waals surface area contributed by atoms with Gasteiger partial charge in [0.2, 0.25) is 0 Å². The van der Waals surface area contributed by atoms with Crippen LogP contribution in [0, 0.1) is 0 Å². The van der Waals surface area contributed by atoms with Gasteiger partial charge in [0.05, 0.1) is 17.6 Å². The van der Waals surface area contributed by atoms with Crippen molar-refractivity contribution in [3.63, 3.8) is 0 Å². The molecule has 0 saturated carbocycles. The summed E-state index contributed by atoms with van der Waals surface area (Å²) in [5.74, 6) is 0. The number of benzene rings is 1. The topological polar surface area (TPSA) is 28.2 Å². The Balaban J connectivity index is 2.24. The zero-order chi connectivity index (χ0) is 13.8. The lowest BCUT2D eigenvalue weighted by molar-refractivity contribution is 0.875. The number of hydrogen-bond donors (Lipinski definition) is 1. The molecule has 1 aromatic carbocycles. The molecule has 1 heterocycles. The molecule has 0 radical (unpaired) electrons. The van der Waals surface area contributed by atoms with Crippen LogP contribution >= 0.6 is 15.9 Å². The van der Waals surface area contributed by atoms with Gasteiger partial charge in [-0.2, -0.15) is 0 Å². The van der Waals surface area contributed by atoms with Gasteiger partial charge >= 0.3 is 0 Å². The number of hydrogen-bond acceptors (Lipinski definition) is 3. The van der Waals surface area contributed by atoms with E-state index in [1.165, 1.54) is 5.56 Å². The molecule has 0 aliphatic carbocycles. The van der Waals surface area contributed by atoms with Crippen LogP contribution in [0.15, 0.2) is 47.2 Å². The lowest BCUT2D eigenvalue weighted by Crippen LogP contribution is -2.14. The van der Waals surface area contributed by atoms with E-state index in [1.807, 2.05) is 44.7 Å². The summed E-state index contributed by atoms with van der Waals surface area (Å²) in [7, 11) is 4.06. The van der Waals surface area contributed by atoms with Crippen molar-refractivity contribution in [1.82, 2.24) is 4.98 Å². The number of pyridine rings is 1. The number of rotatable bonds is 4. The fourth-order valence-electron chi connectivity index (χ4n) is 2.03. The number of nitrogens with zero attached hydrogens (tertiary/aromatic N) is 2. The highest BCUT2D eigenvalue weighted by atomic mass is 79.9. The molecule has 2 rings (SSSR count). The van der Waals surface area contributed by atoms with E-state index in [1.54, 1.807) is 0 Å². The maximum Gasteiger partial charge on any atom is 0.0768 e. The second-order valence-electron chi connectivity index (χ2n) is 4.67.